The Balaban J connectivity index is 1.51. The molecule has 194 valence electrons. The lowest BCUT2D eigenvalue weighted by molar-refractivity contribution is -0.129. The van der Waals surface area contributed by atoms with E-state index in [2.05, 4.69) is 43.0 Å². The number of hydrogen-bond donors (Lipinski definition) is 3. The largest absolute Gasteiger partial charge is 0.355 e. The Labute approximate surface area is 226 Å². The lowest BCUT2D eigenvalue weighted by Gasteiger charge is -2.21. The fourth-order valence-corrected chi connectivity index (χ4v) is 4.44. The van der Waals surface area contributed by atoms with Crippen LogP contribution in [0.2, 0.25) is 10.0 Å². The molecule has 1 aromatic heterocycles. The first kappa shape index (κ1) is 26.7. The van der Waals surface area contributed by atoms with Gasteiger partial charge in [-0.3, -0.25) is 14.5 Å². The first-order valence-corrected chi connectivity index (χ1v) is 12.6. The van der Waals surface area contributed by atoms with Crippen molar-refractivity contribution in [3.05, 3.63) is 69.3 Å². The van der Waals surface area contributed by atoms with Crippen molar-refractivity contribution in [2.75, 3.05) is 51.4 Å². The van der Waals surface area contributed by atoms with Crippen molar-refractivity contribution in [3.63, 3.8) is 0 Å². The maximum absolute atomic E-state index is 12.3. The Morgan fingerprint density at radius 2 is 1.78 bits per heavy atom. The van der Waals surface area contributed by atoms with Crippen LogP contribution in [0, 0.1) is 0 Å². The van der Waals surface area contributed by atoms with Gasteiger partial charge >= 0.3 is 0 Å². The normalized spacial score (nSPS) is 13.3. The highest BCUT2D eigenvalue weighted by atomic mass is 35.5. The van der Waals surface area contributed by atoms with Crippen LogP contribution in [-0.2, 0) is 17.6 Å². The summed E-state index contributed by atoms with van der Waals surface area (Å²) >= 11 is 12.7. The maximum Gasteiger partial charge on any atom is 0.253 e. The number of rotatable bonds is 7. The van der Waals surface area contributed by atoms with Crippen LogP contribution in [0.5, 0.6) is 0 Å². The molecule has 0 aliphatic carbocycles. The third-order valence-corrected chi connectivity index (χ3v) is 6.78. The Morgan fingerprint density at radius 1 is 1.03 bits per heavy atom. The minimum atomic E-state index is -0.289. The van der Waals surface area contributed by atoms with Crippen LogP contribution < -0.4 is 16.0 Å². The number of aromatic nitrogens is 2. The zero-order valence-corrected chi connectivity index (χ0v) is 22.5. The molecule has 0 saturated carbocycles. The highest BCUT2D eigenvalue weighted by Gasteiger charge is 2.19. The van der Waals surface area contributed by atoms with Gasteiger partial charge in [0.2, 0.25) is 11.9 Å². The molecule has 4 rings (SSSR count). The summed E-state index contributed by atoms with van der Waals surface area (Å²) in [6.45, 7) is 2.08. The molecule has 9 nitrogen and oxygen atoms in total. The van der Waals surface area contributed by atoms with E-state index < -0.39 is 0 Å². The molecule has 2 amide bonds. The maximum atomic E-state index is 12.3. The number of nitrogens with zero attached hydrogens (tertiary/aromatic N) is 4. The molecular weight excluding hydrogens is 513 g/mol. The van der Waals surface area contributed by atoms with Crippen LogP contribution in [0.15, 0.2) is 42.6 Å². The number of carbonyl (C=O) groups excluding carboxylic acids is 2. The van der Waals surface area contributed by atoms with Crippen molar-refractivity contribution in [2.45, 2.75) is 12.8 Å². The number of nitrogens with one attached hydrogen (secondary N) is 3. The van der Waals surface area contributed by atoms with Crippen molar-refractivity contribution in [1.29, 1.82) is 0 Å². The molecule has 3 aromatic rings. The average molecular weight is 542 g/mol. The molecule has 11 heteroatoms. The average Bonchev–Trinajstić information content (AvgIpc) is 3.08. The summed E-state index contributed by atoms with van der Waals surface area (Å²) in [7, 11) is 5.11. The molecule has 0 saturated heterocycles. The van der Waals surface area contributed by atoms with Gasteiger partial charge in [-0.2, -0.15) is 4.98 Å². The van der Waals surface area contributed by atoms with Gasteiger partial charge in [-0.15, -0.1) is 0 Å². The van der Waals surface area contributed by atoms with Crippen molar-refractivity contribution in [2.24, 2.45) is 0 Å². The van der Waals surface area contributed by atoms with Gasteiger partial charge in [-0.05, 0) is 48.2 Å². The Morgan fingerprint density at radius 3 is 2.51 bits per heavy atom. The molecule has 3 N–H and O–H groups in total. The van der Waals surface area contributed by atoms with Gasteiger partial charge in [0.15, 0.2) is 5.82 Å². The van der Waals surface area contributed by atoms with E-state index >= 15 is 0 Å². The molecule has 0 radical (unpaired) electrons. The molecule has 0 atom stereocenters. The molecule has 1 aliphatic rings. The van der Waals surface area contributed by atoms with Gasteiger partial charge < -0.3 is 20.9 Å². The Hall–Kier alpha value is -3.40. The van der Waals surface area contributed by atoms with Gasteiger partial charge in [0.1, 0.15) is 5.02 Å². The van der Waals surface area contributed by atoms with E-state index in [1.807, 2.05) is 6.07 Å². The highest BCUT2D eigenvalue weighted by Crippen LogP contribution is 2.32. The predicted octanol–water partition coefficient (Wildman–Crippen LogP) is 4.12. The van der Waals surface area contributed by atoms with Gasteiger partial charge in [-0.1, -0.05) is 35.3 Å². The molecule has 1 aliphatic heterocycles. The van der Waals surface area contributed by atoms with E-state index in [0.29, 0.717) is 34.6 Å². The number of likely N-dealkylation sites (N-methyl/N-ethyl adjacent to an activating group) is 1. The monoisotopic (exact) mass is 541 g/mol. The van der Waals surface area contributed by atoms with Gasteiger partial charge in [0.25, 0.3) is 5.91 Å². The fourth-order valence-electron chi connectivity index (χ4n) is 4.08. The molecule has 0 bridgehead atoms. The topological polar surface area (TPSA) is 102 Å². The van der Waals surface area contributed by atoms with E-state index in [1.54, 1.807) is 44.2 Å². The van der Waals surface area contributed by atoms with E-state index in [4.69, 9.17) is 23.2 Å². The van der Waals surface area contributed by atoms with Gasteiger partial charge in [0.05, 0.1) is 29.0 Å². The Kier molecular flexibility index (Phi) is 8.48. The number of carbonyl (C=O) groups is 2. The minimum Gasteiger partial charge on any atom is -0.355 e. The summed E-state index contributed by atoms with van der Waals surface area (Å²) in [4.78, 5) is 37.1. The van der Waals surface area contributed by atoms with Crippen LogP contribution in [0.4, 0.5) is 23.1 Å². The standard InChI is InChI=1S/C26H29Cl2N7O2/c1-29-25(37)19-5-4-6-20(27)23(19)32-24-21(28)14-30-26(33-24)31-18-8-7-16-9-11-35(12-10-17(16)13-18)15-22(36)34(2)3/h4-8,13-14H,9-12,15H2,1-3H3,(H,29,37)(H2,30,31,32,33). The summed E-state index contributed by atoms with van der Waals surface area (Å²) in [6, 6.07) is 11.2. The van der Waals surface area contributed by atoms with Crippen LogP contribution in [0.3, 0.4) is 0 Å². The lowest BCUT2D eigenvalue weighted by Crippen LogP contribution is -2.37. The lowest BCUT2D eigenvalue weighted by atomic mass is 10.0. The van der Waals surface area contributed by atoms with Crippen LogP contribution in [-0.4, -0.2) is 72.4 Å². The number of anilines is 4. The molecule has 2 heterocycles. The minimum absolute atomic E-state index is 0.108. The van der Waals surface area contributed by atoms with Gasteiger partial charge in [0, 0.05) is 39.9 Å². The SMILES string of the molecule is CNC(=O)c1cccc(Cl)c1Nc1nc(Nc2ccc3c(c2)CCN(CC(=O)N(C)C)CC3)ncc1Cl. The second-order valence-electron chi connectivity index (χ2n) is 8.93. The third-order valence-electron chi connectivity index (χ3n) is 6.19. The van der Waals surface area contributed by atoms with Crippen molar-refractivity contribution < 1.29 is 9.59 Å². The molecule has 0 unspecified atom stereocenters. The third kappa shape index (κ3) is 6.49. The summed E-state index contributed by atoms with van der Waals surface area (Å²) in [6.07, 6.45) is 3.21. The number of para-hydroxylation sites is 1. The second-order valence-corrected chi connectivity index (χ2v) is 9.74. The number of halogens is 2. The smallest absolute Gasteiger partial charge is 0.253 e. The van der Waals surface area contributed by atoms with Crippen molar-refractivity contribution in [1.82, 2.24) is 25.1 Å². The summed E-state index contributed by atoms with van der Waals surface area (Å²) in [5.74, 6) is 0.473. The number of hydrogen-bond acceptors (Lipinski definition) is 7. The second kappa shape index (κ2) is 11.8. The number of fused-ring (bicyclic) bond motifs is 1. The molecule has 2 aromatic carbocycles. The molecule has 0 fully saturated rings. The first-order chi connectivity index (χ1) is 17.7. The quantitative estimate of drug-likeness (QED) is 0.413. The van der Waals surface area contributed by atoms with Crippen molar-refractivity contribution >= 4 is 58.2 Å². The molecular formula is C26H29Cl2N7O2. The number of amides is 2. The molecule has 0 spiro atoms. The fraction of sp³-hybridized carbons (Fsp3) is 0.308. The highest BCUT2D eigenvalue weighted by molar-refractivity contribution is 6.35. The van der Waals surface area contributed by atoms with Crippen LogP contribution >= 0.6 is 23.2 Å². The predicted molar refractivity (Wildman–Crippen MR) is 147 cm³/mol. The number of benzene rings is 2. The Bertz CT molecular complexity index is 1320. The van der Waals surface area contributed by atoms with E-state index in [1.165, 1.54) is 17.3 Å². The van der Waals surface area contributed by atoms with E-state index in [9.17, 15) is 9.59 Å². The zero-order chi connectivity index (χ0) is 26.5. The summed E-state index contributed by atoms with van der Waals surface area (Å²) in [5, 5.41) is 9.57. The van der Waals surface area contributed by atoms with Crippen LogP contribution in [0.25, 0.3) is 0 Å². The van der Waals surface area contributed by atoms with Gasteiger partial charge in [-0.25, -0.2) is 4.98 Å². The summed E-state index contributed by atoms with van der Waals surface area (Å²) < 4.78 is 0. The van der Waals surface area contributed by atoms with E-state index in [-0.39, 0.29) is 16.8 Å². The first-order valence-electron chi connectivity index (χ1n) is 11.9. The van der Waals surface area contributed by atoms with Crippen molar-refractivity contribution in [3.8, 4) is 0 Å². The van der Waals surface area contributed by atoms with Crippen LogP contribution in [0.1, 0.15) is 21.5 Å². The van der Waals surface area contributed by atoms with E-state index in [0.717, 1.165) is 31.6 Å². The summed E-state index contributed by atoms with van der Waals surface area (Å²) in [5.41, 5.74) is 4.10. The zero-order valence-electron chi connectivity index (χ0n) is 20.9. The molecule has 37 heavy (non-hydrogen) atoms.